The first-order valence-electron chi connectivity index (χ1n) is 3.83. The highest BCUT2D eigenvalue weighted by Gasteiger charge is 2.14. The van der Waals surface area contributed by atoms with E-state index in [9.17, 15) is 9.59 Å². The fourth-order valence-electron chi connectivity index (χ4n) is 1.15. The van der Waals surface area contributed by atoms with Gasteiger partial charge in [-0.05, 0) is 6.92 Å². The minimum Gasteiger partial charge on any atom is -0.288 e. The maximum atomic E-state index is 11.3. The summed E-state index contributed by atoms with van der Waals surface area (Å²) in [5.41, 5.74) is -1.89. The topological polar surface area (TPSA) is 106 Å². The first kappa shape index (κ1) is 10.4. The van der Waals surface area contributed by atoms with Crippen LogP contribution in [0.3, 0.4) is 0 Å². The molecule has 1 rings (SSSR count). The number of nitrogens with zero attached hydrogens (tertiary/aromatic N) is 3. The molecular formula is C10H3N3O2. The summed E-state index contributed by atoms with van der Waals surface area (Å²) in [4.78, 5) is 22.7. The van der Waals surface area contributed by atoms with Gasteiger partial charge in [0.1, 0.15) is 17.7 Å². The zero-order valence-corrected chi connectivity index (χ0v) is 7.66. The highest BCUT2D eigenvalue weighted by Crippen LogP contribution is 1.83. The van der Waals surface area contributed by atoms with Crippen LogP contribution in [0.4, 0.5) is 0 Å². The summed E-state index contributed by atoms with van der Waals surface area (Å²) in [6.45, 7) is 1.33. The number of nitriles is 3. The average Bonchev–Trinajstić information content (AvgIpc) is 2.25. The van der Waals surface area contributed by atoms with E-state index in [0.29, 0.717) is 0 Å². The molecule has 15 heavy (non-hydrogen) atoms. The Bertz CT molecular complexity index is 693. The van der Waals surface area contributed by atoms with Crippen molar-refractivity contribution in [3.63, 3.8) is 0 Å². The zero-order valence-electron chi connectivity index (χ0n) is 7.66. The maximum absolute atomic E-state index is 11.3. The summed E-state index contributed by atoms with van der Waals surface area (Å²) < 4.78 is 0. The molecule has 0 fully saturated rings. The van der Waals surface area contributed by atoms with Crippen molar-refractivity contribution >= 4 is 11.1 Å². The fraction of sp³-hybridized carbons (Fsp3) is 0.100. The normalized spacial score (nSPS) is 8.67. The Labute approximate surface area is 83.7 Å². The minimum absolute atomic E-state index is 0.00368. The van der Waals surface area contributed by atoms with Crippen molar-refractivity contribution in [2.75, 3.05) is 0 Å². The summed E-state index contributed by atoms with van der Waals surface area (Å²) >= 11 is 0. The van der Waals surface area contributed by atoms with Crippen LogP contribution in [0.5, 0.6) is 0 Å². The molecule has 0 saturated carbocycles. The molecule has 1 aromatic rings. The van der Waals surface area contributed by atoms with Crippen LogP contribution in [0, 0.1) is 34.0 Å². The van der Waals surface area contributed by atoms with Gasteiger partial charge in [-0.1, -0.05) is 0 Å². The van der Waals surface area contributed by atoms with Gasteiger partial charge in [-0.25, -0.2) is 0 Å². The molecular weight excluding hydrogens is 194 g/mol. The predicted octanol–water partition coefficient (Wildman–Crippen LogP) is -1.83. The summed E-state index contributed by atoms with van der Waals surface area (Å²) in [5.74, 6) is 0. The number of hydrogen-bond acceptors (Lipinski definition) is 5. The van der Waals surface area contributed by atoms with Crippen molar-refractivity contribution < 1.29 is 0 Å². The standard InChI is InChI=1S/C10H3N3O2/c1-5(2-11)7-9(14)8(10(7)15)6(3-12)4-13/h1H3. The molecule has 0 unspecified atom stereocenters. The third-order valence-electron chi connectivity index (χ3n) is 1.92. The molecule has 5 heteroatoms. The van der Waals surface area contributed by atoms with E-state index in [1.165, 1.54) is 19.1 Å². The average molecular weight is 197 g/mol. The van der Waals surface area contributed by atoms with E-state index in [1.807, 2.05) is 0 Å². The Hall–Kier alpha value is -2.71. The number of hydrogen-bond donors (Lipinski definition) is 0. The van der Waals surface area contributed by atoms with Crippen LogP contribution in [0.2, 0.25) is 0 Å². The summed E-state index contributed by atoms with van der Waals surface area (Å²) in [5, 5.41) is 24.8. The lowest BCUT2D eigenvalue weighted by Crippen LogP contribution is -2.65. The number of rotatable bonds is 0. The van der Waals surface area contributed by atoms with Gasteiger partial charge in [-0.2, -0.15) is 15.8 Å². The fourth-order valence-corrected chi connectivity index (χ4v) is 1.15. The van der Waals surface area contributed by atoms with Crippen LogP contribution >= 0.6 is 0 Å². The molecule has 0 aliphatic carbocycles. The molecule has 0 heterocycles. The SMILES string of the molecule is CC(C#N)=c1c(=O)c(=C(C#N)C#N)c1=O. The third kappa shape index (κ3) is 1.31. The molecule has 0 saturated heterocycles. The quantitative estimate of drug-likeness (QED) is 0.486. The van der Waals surface area contributed by atoms with Crippen molar-refractivity contribution in [1.82, 2.24) is 0 Å². The largest absolute Gasteiger partial charge is 0.288 e. The van der Waals surface area contributed by atoms with Gasteiger partial charge >= 0.3 is 0 Å². The predicted molar refractivity (Wildman–Crippen MR) is 49.9 cm³/mol. The maximum Gasteiger partial charge on any atom is 0.204 e. The molecule has 0 bridgehead atoms. The molecule has 1 aromatic carbocycles. The van der Waals surface area contributed by atoms with E-state index in [2.05, 4.69) is 0 Å². The van der Waals surface area contributed by atoms with E-state index in [0.717, 1.165) is 0 Å². The van der Waals surface area contributed by atoms with Gasteiger partial charge in [0.15, 0.2) is 0 Å². The van der Waals surface area contributed by atoms with Gasteiger partial charge in [0.05, 0.1) is 16.5 Å². The Balaban J connectivity index is 3.97. The van der Waals surface area contributed by atoms with Gasteiger partial charge in [-0.3, -0.25) is 9.59 Å². The summed E-state index contributed by atoms with van der Waals surface area (Å²) in [6, 6.07) is 4.60. The lowest BCUT2D eigenvalue weighted by molar-refractivity contribution is 1.24. The lowest BCUT2D eigenvalue weighted by Gasteiger charge is -1.92. The van der Waals surface area contributed by atoms with Crippen LogP contribution in [-0.2, 0) is 0 Å². The molecule has 5 nitrogen and oxygen atoms in total. The van der Waals surface area contributed by atoms with Gasteiger partial charge in [-0.15, -0.1) is 0 Å². The molecule has 0 amide bonds. The van der Waals surface area contributed by atoms with Gasteiger partial charge in [0.2, 0.25) is 10.9 Å². The Morgan fingerprint density at radius 1 is 0.933 bits per heavy atom. The smallest absolute Gasteiger partial charge is 0.204 e. The van der Waals surface area contributed by atoms with Crippen LogP contribution in [0.15, 0.2) is 9.59 Å². The van der Waals surface area contributed by atoms with Gasteiger partial charge in [0.25, 0.3) is 0 Å². The molecule has 0 aromatic heterocycles. The van der Waals surface area contributed by atoms with Crippen molar-refractivity contribution in [3.8, 4) is 18.2 Å². The Morgan fingerprint density at radius 2 is 1.40 bits per heavy atom. The van der Waals surface area contributed by atoms with E-state index < -0.39 is 21.6 Å². The zero-order chi connectivity index (χ0) is 11.6. The second-order valence-corrected chi connectivity index (χ2v) is 2.74. The molecule has 0 radical (unpaired) electrons. The van der Waals surface area contributed by atoms with E-state index in [4.69, 9.17) is 15.8 Å². The van der Waals surface area contributed by atoms with Crippen LogP contribution in [0.1, 0.15) is 6.92 Å². The first-order chi connectivity index (χ1) is 7.08. The molecule has 70 valence electrons. The molecule has 0 aliphatic rings. The highest BCUT2D eigenvalue weighted by molar-refractivity contribution is 5.73. The minimum atomic E-state index is -0.697. The lowest BCUT2D eigenvalue weighted by atomic mass is 10.0. The van der Waals surface area contributed by atoms with Crippen molar-refractivity contribution in [1.29, 1.82) is 15.8 Å². The van der Waals surface area contributed by atoms with Crippen molar-refractivity contribution in [3.05, 3.63) is 30.9 Å². The van der Waals surface area contributed by atoms with Crippen molar-refractivity contribution in [2.45, 2.75) is 6.92 Å². The van der Waals surface area contributed by atoms with Crippen LogP contribution < -0.4 is 21.3 Å². The van der Waals surface area contributed by atoms with Gasteiger partial charge in [0, 0.05) is 5.57 Å². The van der Waals surface area contributed by atoms with E-state index in [1.54, 1.807) is 6.07 Å². The summed E-state index contributed by atoms with van der Waals surface area (Å²) in [6.07, 6.45) is 0. The summed E-state index contributed by atoms with van der Waals surface area (Å²) in [7, 11) is 0. The Kier molecular flexibility index (Phi) is 2.47. The van der Waals surface area contributed by atoms with E-state index >= 15 is 0 Å². The second-order valence-electron chi connectivity index (χ2n) is 2.74. The van der Waals surface area contributed by atoms with Crippen LogP contribution in [0.25, 0.3) is 11.1 Å². The highest BCUT2D eigenvalue weighted by atomic mass is 16.1. The Morgan fingerprint density at radius 3 is 1.73 bits per heavy atom. The van der Waals surface area contributed by atoms with Gasteiger partial charge < -0.3 is 0 Å². The molecule has 0 atom stereocenters. The monoisotopic (exact) mass is 197 g/mol. The second kappa shape index (κ2) is 3.57. The molecule has 0 spiro atoms. The van der Waals surface area contributed by atoms with Crippen LogP contribution in [-0.4, -0.2) is 0 Å². The third-order valence-corrected chi connectivity index (χ3v) is 1.92. The van der Waals surface area contributed by atoms with Crippen molar-refractivity contribution in [2.24, 2.45) is 0 Å². The first-order valence-corrected chi connectivity index (χ1v) is 3.83. The molecule has 0 aliphatic heterocycles. The molecule has 0 N–H and O–H groups in total. The van der Waals surface area contributed by atoms with E-state index in [-0.39, 0.29) is 10.8 Å².